The van der Waals surface area contributed by atoms with Gasteiger partial charge in [-0.25, -0.2) is 14.7 Å². The zero-order valence-electron chi connectivity index (χ0n) is 14.8. The van der Waals surface area contributed by atoms with Crippen LogP contribution in [0.1, 0.15) is 0 Å². The molecule has 0 saturated carbocycles. The molecule has 4 heterocycles. The molecule has 1 unspecified atom stereocenters. The van der Waals surface area contributed by atoms with Crippen molar-refractivity contribution in [3.05, 3.63) is 34.0 Å². The number of carbonyl (C=O) groups is 2. The van der Waals surface area contributed by atoms with Gasteiger partial charge in [-0.3, -0.25) is 4.79 Å². The zero-order chi connectivity index (χ0) is 19.0. The molecule has 1 saturated heterocycles. The van der Waals surface area contributed by atoms with Crippen molar-refractivity contribution >= 4 is 41.2 Å². The van der Waals surface area contributed by atoms with Crippen LogP contribution in [0.15, 0.2) is 29.0 Å². The Hall–Kier alpha value is -1.97. The van der Waals surface area contributed by atoms with Crippen molar-refractivity contribution in [1.82, 2.24) is 14.8 Å². The number of thioether (sulfide) groups is 1. The molecule has 1 fully saturated rings. The number of amides is 2. The molecule has 144 valence electrons. The lowest BCUT2D eigenvalue weighted by molar-refractivity contribution is -0.118. The lowest BCUT2D eigenvalue weighted by Gasteiger charge is -2.33. The number of halogens is 1. The summed E-state index contributed by atoms with van der Waals surface area (Å²) < 4.78 is 11.3. The van der Waals surface area contributed by atoms with Crippen molar-refractivity contribution in [2.75, 3.05) is 50.5 Å². The number of carbonyl (C=O) groups excluding carboxylic acids is 2. The van der Waals surface area contributed by atoms with Gasteiger partial charge in [-0.2, -0.15) is 0 Å². The fourth-order valence-corrected chi connectivity index (χ4v) is 4.19. The molecule has 2 amide bonds. The number of ether oxygens (including phenoxy) is 2. The van der Waals surface area contributed by atoms with E-state index in [-0.39, 0.29) is 11.7 Å². The maximum absolute atomic E-state index is 12.9. The highest BCUT2D eigenvalue weighted by molar-refractivity contribution is 8.03. The molecule has 0 radical (unpaired) electrons. The van der Waals surface area contributed by atoms with E-state index in [4.69, 9.17) is 21.1 Å². The number of hydrogen-bond acceptors (Lipinski definition) is 7. The molecule has 0 aromatic carbocycles. The van der Waals surface area contributed by atoms with Gasteiger partial charge in [-0.15, -0.1) is 11.8 Å². The van der Waals surface area contributed by atoms with Crippen LogP contribution in [0.4, 0.5) is 10.6 Å². The predicted molar refractivity (Wildman–Crippen MR) is 102 cm³/mol. The third-order valence-electron chi connectivity index (χ3n) is 4.62. The first-order valence-corrected chi connectivity index (χ1v) is 10.00. The summed E-state index contributed by atoms with van der Waals surface area (Å²) in [4.78, 5) is 35.6. The number of rotatable bonds is 2. The normalized spacial score (nSPS) is 23.3. The standard InChI is InChI=1S/C17H19ClN4O4S/c1-20-4-6-21(7-5-20)17(24)26-16-14-13(25-8-9-27-14)15(23)22(16)12-3-2-11(18)10-19-12/h2-3,10,16H,4-9H2,1H3. The number of aromatic nitrogens is 1. The van der Waals surface area contributed by atoms with Gasteiger partial charge in [0.2, 0.25) is 6.23 Å². The summed E-state index contributed by atoms with van der Waals surface area (Å²) in [5.41, 5.74) is 0. The number of anilines is 1. The molecular formula is C17H19ClN4O4S. The lowest BCUT2D eigenvalue weighted by atomic mass is 10.3. The quantitative estimate of drug-likeness (QED) is 0.735. The molecule has 27 heavy (non-hydrogen) atoms. The fraction of sp³-hybridized carbons (Fsp3) is 0.471. The molecular weight excluding hydrogens is 392 g/mol. The fourth-order valence-electron chi connectivity index (χ4n) is 3.12. The van der Waals surface area contributed by atoms with Gasteiger partial charge in [0.25, 0.3) is 5.91 Å². The summed E-state index contributed by atoms with van der Waals surface area (Å²) in [6, 6.07) is 3.27. The molecule has 3 aliphatic rings. The van der Waals surface area contributed by atoms with E-state index in [1.54, 1.807) is 17.0 Å². The molecule has 0 aliphatic carbocycles. The molecule has 10 heteroatoms. The highest BCUT2D eigenvalue weighted by atomic mass is 35.5. The Morgan fingerprint density at radius 2 is 2.11 bits per heavy atom. The van der Waals surface area contributed by atoms with Crippen LogP contribution in [-0.2, 0) is 14.3 Å². The van der Waals surface area contributed by atoms with E-state index in [2.05, 4.69) is 9.88 Å². The minimum Gasteiger partial charge on any atom is -0.486 e. The second kappa shape index (κ2) is 7.57. The van der Waals surface area contributed by atoms with Crippen LogP contribution in [0, 0.1) is 0 Å². The summed E-state index contributed by atoms with van der Waals surface area (Å²) in [6.45, 7) is 3.19. The Morgan fingerprint density at radius 1 is 1.33 bits per heavy atom. The molecule has 0 spiro atoms. The molecule has 1 aromatic heterocycles. The first-order valence-electron chi connectivity index (χ1n) is 8.63. The summed E-state index contributed by atoms with van der Waals surface area (Å²) in [5.74, 6) is 0.929. The number of pyridine rings is 1. The topological polar surface area (TPSA) is 75.2 Å². The largest absolute Gasteiger partial charge is 0.486 e. The average Bonchev–Trinajstić information content (AvgIpc) is 2.95. The summed E-state index contributed by atoms with van der Waals surface area (Å²) in [6.07, 6.45) is 0.132. The summed E-state index contributed by atoms with van der Waals surface area (Å²) >= 11 is 7.38. The van der Waals surface area contributed by atoms with Crippen molar-refractivity contribution < 1.29 is 19.1 Å². The van der Waals surface area contributed by atoms with E-state index in [1.807, 2.05) is 7.05 Å². The molecule has 0 N–H and O–H groups in total. The Bertz CT molecular complexity index is 780. The Labute approximate surface area is 166 Å². The second-order valence-electron chi connectivity index (χ2n) is 6.43. The SMILES string of the molecule is CN1CCN(C(=O)OC2C3=C(OCCS3)C(=O)N2c2ccc(Cl)cn2)CC1. The van der Waals surface area contributed by atoms with E-state index >= 15 is 0 Å². The molecule has 1 atom stereocenters. The van der Waals surface area contributed by atoms with Gasteiger partial charge in [0, 0.05) is 38.1 Å². The average molecular weight is 411 g/mol. The number of piperazine rings is 1. The van der Waals surface area contributed by atoms with Crippen LogP contribution in [0.25, 0.3) is 0 Å². The Morgan fingerprint density at radius 3 is 2.81 bits per heavy atom. The molecule has 3 aliphatic heterocycles. The van der Waals surface area contributed by atoms with Gasteiger partial charge in [0.1, 0.15) is 5.82 Å². The molecule has 1 aromatic rings. The predicted octanol–water partition coefficient (Wildman–Crippen LogP) is 1.77. The summed E-state index contributed by atoms with van der Waals surface area (Å²) in [7, 11) is 2.01. The van der Waals surface area contributed by atoms with Crippen LogP contribution in [0.5, 0.6) is 0 Å². The van der Waals surface area contributed by atoms with Crippen molar-refractivity contribution in [3.8, 4) is 0 Å². The highest BCUT2D eigenvalue weighted by Crippen LogP contribution is 2.40. The molecule has 0 bridgehead atoms. The van der Waals surface area contributed by atoms with Gasteiger partial charge in [0.15, 0.2) is 5.76 Å². The second-order valence-corrected chi connectivity index (χ2v) is 8.00. The van der Waals surface area contributed by atoms with Crippen molar-refractivity contribution in [3.63, 3.8) is 0 Å². The third-order valence-corrected chi connectivity index (χ3v) is 5.91. The van der Waals surface area contributed by atoms with Crippen LogP contribution >= 0.6 is 23.4 Å². The van der Waals surface area contributed by atoms with Gasteiger partial charge < -0.3 is 19.3 Å². The van der Waals surface area contributed by atoms with Crippen LogP contribution < -0.4 is 4.90 Å². The van der Waals surface area contributed by atoms with Gasteiger partial charge in [-0.05, 0) is 19.2 Å². The minimum absolute atomic E-state index is 0.235. The number of hydrogen-bond donors (Lipinski definition) is 0. The minimum atomic E-state index is -0.876. The number of nitrogens with zero attached hydrogens (tertiary/aromatic N) is 4. The van der Waals surface area contributed by atoms with Gasteiger partial charge in [0.05, 0.1) is 16.5 Å². The Balaban J connectivity index is 1.59. The van der Waals surface area contributed by atoms with Crippen LogP contribution in [0.3, 0.4) is 0 Å². The van der Waals surface area contributed by atoms with Crippen molar-refractivity contribution in [2.24, 2.45) is 0 Å². The van der Waals surface area contributed by atoms with Crippen LogP contribution in [0.2, 0.25) is 5.02 Å². The monoisotopic (exact) mass is 410 g/mol. The van der Waals surface area contributed by atoms with Crippen molar-refractivity contribution in [1.29, 1.82) is 0 Å². The lowest BCUT2D eigenvalue weighted by Crippen LogP contribution is -2.49. The highest BCUT2D eigenvalue weighted by Gasteiger charge is 2.46. The number of likely N-dealkylation sites (N-methyl/N-ethyl adjacent to an activating group) is 1. The van der Waals surface area contributed by atoms with E-state index in [1.165, 1.54) is 22.9 Å². The maximum Gasteiger partial charge on any atom is 0.412 e. The van der Waals surface area contributed by atoms with E-state index in [0.717, 1.165) is 13.1 Å². The first kappa shape index (κ1) is 18.4. The van der Waals surface area contributed by atoms with E-state index in [0.29, 0.717) is 41.2 Å². The van der Waals surface area contributed by atoms with E-state index in [9.17, 15) is 9.59 Å². The van der Waals surface area contributed by atoms with Gasteiger partial charge in [-0.1, -0.05) is 11.6 Å². The third kappa shape index (κ3) is 3.59. The molecule has 4 rings (SSSR count). The smallest absolute Gasteiger partial charge is 0.412 e. The first-order chi connectivity index (χ1) is 13.0. The maximum atomic E-state index is 12.9. The van der Waals surface area contributed by atoms with Crippen molar-refractivity contribution in [2.45, 2.75) is 6.23 Å². The summed E-state index contributed by atoms with van der Waals surface area (Å²) in [5, 5.41) is 0.458. The van der Waals surface area contributed by atoms with Crippen LogP contribution in [-0.4, -0.2) is 78.6 Å². The van der Waals surface area contributed by atoms with Gasteiger partial charge >= 0.3 is 6.09 Å². The zero-order valence-corrected chi connectivity index (χ0v) is 16.3. The molecule has 8 nitrogen and oxygen atoms in total. The Kier molecular flexibility index (Phi) is 5.16. The van der Waals surface area contributed by atoms with E-state index < -0.39 is 12.3 Å².